The van der Waals surface area contributed by atoms with Gasteiger partial charge < -0.3 is 19.3 Å². The Hall–Kier alpha value is -3.88. The first kappa shape index (κ1) is 24.3. The van der Waals surface area contributed by atoms with Gasteiger partial charge in [-0.1, -0.05) is 31.1 Å². The topological polar surface area (TPSA) is 89.7 Å². The summed E-state index contributed by atoms with van der Waals surface area (Å²) < 4.78 is 30.5. The molecule has 0 saturated carbocycles. The Morgan fingerprint density at radius 1 is 1.14 bits per heavy atom. The molecule has 0 fully saturated rings. The molecule has 35 heavy (non-hydrogen) atoms. The van der Waals surface area contributed by atoms with E-state index in [2.05, 4.69) is 29.3 Å². The maximum atomic E-state index is 14.1. The zero-order chi connectivity index (χ0) is 25.1. The van der Waals surface area contributed by atoms with Gasteiger partial charge in [-0.3, -0.25) is 4.90 Å². The molecular weight excluding hydrogens is 451 g/mol. The van der Waals surface area contributed by atoms with Crippen molar-refractivity contribution in [3.63, 3.8) is 0 Å². The van der Waals surface area contributed by atoms with Crippen LogP contribution in [0, 0.1) is 11.7 Å². The Balaban J connectivity index is 1.79. The molecule has 2 amide bonds. The van der Waals surface area contributed by atoms with E-state index < -0.39 is 11.9 Å². The number of hydrogen-bond acceptors (Lipinski definition) is 6. The largest absolute Gasteiger partial charge is 0.493 e. The molecule has 0 spiro atoms. The van der Waals surface area contributed by atoms with Crippen LogP contribution in [-0.4, -0.2) is 41.8 Å². The van der Waals surface area contributed by atoms with Crippen molar-refractivity contribution >= 4 is 11.6 Å². The summed E-state index contributed by atoms with van der Waals surface area (Å²) in [6, 6.07) is 10.6. The van der Waals surface area contributed by atoms with Crippen LogP contribution in [0.2, 0.25) is 0 Å². The molecule has 8 nitrogen and oxygen atoms in total. The number of amides is 2. The number of nitrogens with one attached hydrogen (secondary N) is 1. The first-order valence-corrected chi connectivity index (χ1v) is 11.4. The number of halogens is 1. The predicted octanol–water partition coefficient (Wildman–Crippen LogP) is 5.44. The summed E-state index contributed by atoms with van der Waals surface area (Å²) in [5, 5.41) is 7.16. The van der Waals surface area contributed by atoms with Crippen LogP contribution in [0.15, 0.2) is 52.7 Å². The van der Waals surface area contributed by atoms with Gasteiger partial charge in [-0.05, 0) is 55.2 Å². The van der Waals surface area contributed by atoms with Gasteiger partial charge in [0.25, 0.3) is 5.89 Å². The highest BCUT2D eigenvalue weighted by Crippen LogP contribution is 2.38. The summed E-state index contributed by atoms with van der Waals surface area (Å²) in [5.74, 6) is 1.74. The number of benzene rings is 2. The lowest BCUT2D eigenvalue weighted by Gasteiger charge is -2.35. The average molecular weight is 481 g/mol. The number of carbonyl (C=O) groups is 1. The fourth-order valence-corrected chi connectivity index (χ4v) is 4.08. The molecule has 184 valence electrons. The molecule has 0 bridgehead atoms. The molecule has 0 radical (unpaired) electrons. The molecule has 0 aliphatic carbocycles. The summed E-state index contributed by atoms with van der Waals surface area (Å²) in [6.07, 6.45) is 0.823. The third-order valence-electron chi connectivity index (χ3n) is 6.01. The van der Waals surface area contributed by atoms with Crippen molar-refractivity contribution in [3.8, 4) is 22.9 Å². The van der Waals surface area contributed by atoms with Gasteiger partial charge in [0.05, 0.1) is 25.8 Å². The zero-order valence-corrected chi connectivity index (χ0v) is 20.5. The van der Waals surface area contributed by atoms with E-state index in [0.29, 0.717) is 52.2 Å². The van der Waals surface area contributed by atoms with E-state index in [4.69, 9.17) is 14.0 Å². The van der Waals surface area contributed by atoms with Crippen molar-refractivity contribution in [1.82, 2.24) is 20.4 Å². The van der Waals surface area contributed by atoms with Crippen LogP contribution in [-0.2, 0) is 0 Å². The standard InChI is InChI=1S/C26H29FN4O4/c1-15(2)11-12-31-16(3)22(23(28-26(31)32)17-7-6-8-19(27)13-17)25-29-24(30-35-25)18-9-10-20(33-4)21(14-18)34-5/h6-10,13-15,23H,11-12H2,1-5H3,(H,28,32). The smallest absolute Gasteiger partial charge is 0.322 e. The highest BCUT2D eigenvalue weighted by Gasteiger charge is 2.35. The van der Waals surface area contributed by atoms with E-state index in [1.165, 1.54) is 12.1 Å². The lowest BCUT2D eigenvalue weighted by atomic mass is 9.94. The Labute approximate surface area is 203 Å². The number of hydrogen-bond donors (Lipinski definition) is 1. The van der Waals surface area contributed by atoms with Crippen molar-refractivity contribution in [2.75, 3.05) is 20.8 Å². The van der Waals surface area contributed by atoms with Crippen molar-refractivity contribution < 1.29 is 23.2 Å². The second-order valence-corrected chi connectivity index (χ2v) is 8.76. The van der Waals surface area contributed by atoms with Crippen molar-refractivity contribution in [2.24, 2.45) is 5.92 Å². The molecule has 1 aliphatic heterocycles. The fraction of sp³-hybridized carbons (Fsp3) is 0.346. The van der Waals surface area contributed by atoms with Crippen molar-refractivity contribution in [1.29, 1.82) is 0 Å². The van der Waals surface area contributed by atoms with E-state index in [9.17, 15) is 9.18 Å². The van der Waals surface area contributed by atoms with Crippen LogP contribution < -0.4 is 14.8 Å². The summed E-state index contributed by atoms with van der Waals surface area (Å²) in [4.78, 5) is 19.3. The van der Waals surface area contributed by atoms with Crippen LogP contribution in [0.1, 0.15) is 44.7 Å². The third kappa shape index (κ3) is 4.99. The molecule has 4 rings (SSSR count). The Bertz CT molecular complexity index is 1250. The average Bonchev–Trinajstić information content (AvgIpc) is 3.32. The number of rotatable bonds is 8. The van der Waals surface area contributed by atoms with E-state index in [1.807, 2.05) is 6.92 Å². The second-order valence-electron chi connectivity index (χ2n) is 8.76. The second kappa shape index (κ2) is 10.2. The van der Waals surface area contributed by atoms with Crippen LogP contribution in [0.4, 0.5) is 9.18 Å². The number of aromatic nitrogens is 2. The summed E-state index contributed by atoms with van der Waals surface area (Å²) in [5.41, 5.74) is 2.57. The number of allylic oxidation sites excluding steroid dienone is 1. The highest BCUT2D eigenvalue weighted by molar-refractivity contribution is 5.86. The molecule has 2 heterocycles. The van der Waals surface area contributed by atoms with E-state index in [0.717, 1.165) is 6.42 Å². The molecule has 1 N–H and O–H groups in total. The highest BCUT2D eigenvalue weighted by atomic mass is 19.1. The normalized spacial score (nSPS) is 16.0. The van der Waals surface area contributed by atoms with Crippen molar-refractivity contribution in [2.45, 2.75) is 33.2 Å². The van der Waals surface area contributed by atoms with Crippen LogP contribution in [0.3, 0.4) is 0 Å². The minimum absolute atomic E-state index is 0.246. The molecule has 1 unspecified atom stereocenters. The van der Waals surface area contributed by atoms with Gasteiger partial charge in [0.15, 0.2) is 11.5 Å². The molecule has 2 aromatic carbocycles. The van der Waals surface area contributed by atoms with Gasteiger partial charge in [-0.15, -0.1) is 0 Å². The number of urea groups is 1. The SMILES string of the molecule is COc1ccc(-c2noc(C3=C(C)N(CCC(C)C)C(=O)NC3c3cccc(F)c3)n2)cc1OC. The van der Waals surface area contributed by atoms with Crippen LogP contribution in [0.5, 0.6) is 11.5 Å². The maximum Gasteiger partial charge on any atom is 0.322 e. The first-order chi connectivity index (χ1) is 16.8. The molecule has 0 saturated heterocycles. The van der Waals surface area contributed by atoms with Gasteiger partial charge >= 0.3 is 6.03 Å². The van der Waals surface area contributed by atoms with Crippen LogP contribution >= 0.6 is 0 Å². The molecule has 1 aromatic heterocycles. The molecule has 3 aromatic rings. The number of nitrogens with zero attached hydrogens (tertiary/aromatic N) is 3. The Morgan fingerprint density at radius 2 is 1.91 bits per heavy atom. The van der Waals surface area contributed by atoms with Crippen LogP contribution in [0.25, 0.3) is 17.0 Å². The van der Waals surface area contributed by atoms with Gasteiger partial charge in [-0.2, -0.15) is 4.98 Å². The lowest BCUT2D eigenvalue weighted by molar-refractivity contribution is 0.202. The summed E-state index contributed by atoms with van der Waals surface area (Å²) >= 11 is 0. The minimum Gasteiger partial charge on any atom is -0.493 e. The Morgan fingerprint density at radius 3 is 2.60 bits per heavy atom. The molecular formula is C26H29FN4O4. The molecule has 1 aliphatic rings. The number of ether oxygens (including phenoxy) is 2. The van der Waals surface area contributed by atoms with E-state index in [-0.39, 0.29) is 11.9 Å². The maximum absolute atomic E-state index is 14.1. The lowest BCUT2D eigenvalue weighted by Crippen LogP contribution is -2.46. The monoisotopic (exact) mass is 480 g/mol. The third-order valence-corrected chi connectivity index (χ3v) is 6.01. The number of carbonyl (C=O) groups excluding carboxylic acids is 1. The minimum atomic E-state index is -0.646. The summed E-state index contributed by atoms with van der Waals surface area (Å²) in [7, 11) is 3.12. The Kier molecular flexibility index (Phi) is 7.04. The quantitative estimate of drug-likeness (QED) is 0.462. The fourth-order valence-electron chi connectivity index (χ4n) is 4.08. The van der Waals surface area contributed by atoms with Crippen molar-refractivity contribution in [3.05, 3.63) is 65.4 Å². The van der Waals surface area contributed by atoms with E-state index in [1.54, 1.807) is 49.5 Å². The molecule has 1 atom stereocenters. The zero-order valence-electron chi connectivity index (χ0n) is 20.5. The first-order valence-electron chi connectivity index (χ1n) is 11.4. The van der Waals surface area contributed by atoms with E-state index >= 15 is 0 Å². The van der Waals surface area contributed by atoms with Gasteiger partial charge in [0.2, 0.25) is 5.82 Å². The van der Waals surface area contributed by atoms with Gasteiger partial charge in [0, 0.05) is 17.8 Å². The van der Waals surface area contributed by atoms with Gasteiger partial charge in [0.1, 0.15) is 5.82 Å². The summed E-state index contributed by atoms with van der Waals surface area (Å²) in [6.45, 7) is 6.59. The molecule has 9 heteroatoms. The van der Waals surface area contributed by atoms with Gasteiger partial charge in [-0.25, -0.2) is 9.18 Å². The number of methoxy groups -OCH3 is 2. The predicted molar refractivity (Wildman–Crippen MR) is 129 cm³/mol.